The minimum Gasteiger partial charge on any atom is -0.453 e. The van der Waals surface area contributed by atoms with Crippen molar-refractivity contribution in [2.45, 2.75) is 44.6 Å². The minimum absolute atomic E-state index is 0.432. The van der Waals surface area contributed by atoms with E-state index >= 15 is 0 Å². The Morgan fingerprint density at radius 1 is 1.14 bits per heavy atom. The maximum Gasteiger partial charge on any atom is 0.411 e. The van der Waals surface area contributed by atoms with Gasteiger partial charge in [0.2, 0.25) is 0 Å². The van der Waals surface area contributed by atoms with E-state index in [0.29, 0.717) is 6.04 Å². The molecule has 4 nitrogen and oxygen atoms in total. The van der Waals surface area contributed by atoms with Crippen LogP contribution >= 0.6 is 0 Å². The quantitative estimate of drug-likeness (QED) is 0.871. The number of rotatable bonds is 4. The van der Waals surface area contributed by atoms with Crippen LogP contribution in [0.4, 0.5) is 16.2 Å². The number of anilines is 2. The smallest absolute Gasteiger partial charge is 0.411 e. The number of nitrogens with one attached hydrogen (secondary N) is 2. The Morgan fingerprint density at radius 2 is 1.95 bits per heavy atom. The lowest BCUT2D eigenvalue weighted by Gasteiger charge is -2.30. The van der Waals surface area contributed by atoms with Crippen LogP contribution in [0.3, 0.4) is 0 Å². The van der Waals surface area contributed by atoms with Crippen molar-refractivity contribution < 1.29 is 9.53 Å². The Balaban J connectivity index is 1.58. The molecule has 2 N–H and O–H groups in total. The van der Waals surface area contributed by atoms with E-state index in [9.17, 15) is 4.79 Å². The Morgan fingerprint density at radius 3 is 2.71 bits per heavy atom. The Labute approximate surface area is 126 Å². The number of hydrogen-bond donors (Lipinski definition) is 2. The average molecular weight is 288 g/mol. The molecule has 2 saturated carbocycles. The molecule has 0 heterocycles. The minimum atomic E-state index is -0.432. The van der Waals surface area contributed by atoms with Crippen molar-refractivity contribution >= 4 is 17.5 Å². The van der Waals surface area contributed by atoms with Gasteiger partial charge in [0.1, 0.15) is 0 Å². The Bertz CT molecular complexity index is 499. The van der Waals surface area contributed by atoms with Crippen molar-refractivity contribution in [3.63, 3.8) is 0 Å². The number of hydrogen-bond acceptors (Lipinski definition) is 3. The molecule has 4 heteroatoms. The summed E-state index contributed by atoms with van der Waals surface area (Å²) in [7, 11) is 1.37. The van der Waals surface area contributed by atoms with Crippen molar-refractivity contribution in [2.75, 3.05) is 17.7 Å². The van der Waals surface area contributed by atoms with Gasteiger partial charge in [0.25, 0.3) is 0 Å². The molecular weight excluding hydrogens is 264 g/mol. The molecule has 2 fully saturated rings. The van der Waals surface area contributed by atoms with Gasteiger partial charge in [-0.1, -0.05) is 18.9 Å². The first-order valence-corrected chi connectivity index (χ1v) is 7.96. The fourth-order valence-electron chi connectivity index (χ4n) is 3.45. The number of methoxy groups -OCH3 is 1. The van der Waals surface area contributed by atoms with Gasteiger partial charge in [0, 0.05) is 17.4 Å². The molecule has 2 aliphatic rings. The fraction of sp³-hybridized carbons (Fsp3) is 0.588. The van der Waals surface area contributed by atoms with Crippen LogP contribution < -0.4 is 10.6 Å². The van der Waals surface area contributed by atoms with Gasteiger partial charge in [-0.2, -0.15) is 0 Å². The first-order chi connectivity index (χ1) is 10.2. The van der Waals surface area contributed by atoms with Crippen LogP contribution in [0.1, 0.15) is 38.5 Å². The summed E-state index contributed by atoms with van der Waals surface area (Å²) in [6.45, 7) is 0. The van der Waals surface area contributed by atoms with Gasteiger partial charge < -0.3 is 10.1 Å². The zero-order chi connectivity index (χ0) is 14.7. The first kappa shape index (κ1) is 14.2. The number of ether oxygens (including phenoxy) is 1. The van der Waals surface area contributed by atoms with Gasteiger partial charge in [0.05, 0.1) is 7.11 Å². The van der Waals surface area contributed by atoms with Gasteiger partial charge >= 0.3 is 6.09 Å². The SMILES string of the molecule is COC(=O)Nc1cccc(NC2CCCC(C3CC3)C2)c1. The fourth-order valence-corrected chi connectivity index (χ4v) is 3.45. The highest BCUT2D eigenvalue weighted by atomic mass is 16.5. The predicted octanol–water partition coefficient (Wildman–Crippen LogP) is 4.25. The maximum absolute atomic E-state index is 11.3. The van der Waals surface area contributed by atoms with E-state index in [1.165, 1.54) is 45.6 Å². The van der Waals surface area contributed by atoms with Gasteiger partial charge in [-0.15, -0.1) is 0 Å². The van der Waals surface area contributed by atoms with Crippen LogP contribution in [-0.2, 0) is 4.74 Å². The molecule has 21 heavy (non-hydrogen) atoms. The highest BCUT2D eigenvalue weighted by Gasteiger charge is 2.34. The molecule has 2 atom stereocenters. The molecule has 1 aromatic rings. The van der Waals surface area contributed by atoms with Crippen LogP contribution in [0.2, 0.25) is 0 Å². The normalized spacial score (nSPS) is 25.2. The highest BCUT2D eigenvalue weighted by molar-refractivity contribution is 5.85. The molecule has 0 saturated heterocycles. The molecule has 0 bridgehead atoms. The van der Waals surface area contributed by atoms with Gasteiger partial charge in [0.15, 0.2) is 0 Å². The monoisotopic (exact) mass is 288 g/mol. The molecule has 3 rings (SSSR count). The standard InChI is InChI=1S/C17H24N2O2/c1-21-17(20)19-16-7-3-6-15(11-16)18-14-5-2-4-13(10-14)12-8-9-12/h3,6-7,11-14,18H,2,4-5,8-10H2,1H3,(H,19,20). The number of benzene rings is 1. The summed E-state index contributed by atoms with van der Waals surface area (Å²) in [5.74, 6) is 1.93. The van der Waals surface area contributed by atoms with E-state index in [0.717, 1.165) is 23.2 Å². The summed E-state index contributed by atoms with van der Waals surface area (Å²) in [4.78, 5) is 11.3. The van der Waals surface area contributed by atoms with E-state index in [1.54, 1.807) is 0 Å². The Kier molecular flexibility index (Phi) is 4.32. The number of amides is 1. The number of carbonyl (C=O) groups excluding carboxylic acids is 1. The predicted molar refractivity (Wildman–Crippen MR) is 84.6 cm³/mol. The molecule has 1 aromatic carbocycles. The molecule has 0 spiro atoms. The van der Waals surface area contributed by atoms with E-state index in [2.05, 4.69) is 21.4 Å². The van der Waals surface area contributed by atoms with Crippen molar-refractivity contribution in [1.82, 2.24) is 0 Å². The third kappa shape index (κ3) is 3.90. The van der Waals surface area contributed by atoms with Crippen molar-refractivity contribution in [1.29, 1.82) is 0 Å². The lowest BCUT2D eigenvalue weighted by Crippen LogP contribution is -2.28. The van der Waals surface area contributed by atoms with Crippen molar-refractivity contribution in [3.8, 4) is 0 Å². The first-order valence-electron chi connectivity index (χ1n) is 7.96. The Hall–Kier alpha value is -1.71. The molecule has 1 amide bonds. The second-order valence-corrected chi connectivity index (χ2v) is 6.30. The molecule has 0 aromatic heterocycles. The average Bonchev–Trinajstić information content (AvgIpc) is 3.32. The molecular formula is C17H24N2O2. The lowest BCUT2D eigenvalue weighted by atomic mass is 9.82. The number of carbonyl (C=O) groups is 1. The molecule has 114 valence electrons. The summed E-state index contributed by atoms with van der Waals surface area (Å²) in [5, 5.41) is 6.34. The largest absolute Gasteiger partial charge is 0.453 e. The van der Waals surface area contributed by atoms with Crippen molar-refractivity contribution in [3.05, 3.63) is 24.3 Å². The highest BCUT2D eigenvalue weighted by Crippen LogP contribution is 2.44. The topological polar surface area (TPSA) is 50.4 Å². The second kappa shape index (κ2) is 6.37. The van der Waals surface area contributed by atoms with Crippen LogP contribution in [0.5, 0.6) is 0 Å². The zero-order valence-electron chi connectivity index (χ0n) is 12.6. The van der Waals surface area contributed by atoms with E-state index in [4.69, 9.17) is 0 Å². The van der Waals surface area contributed by atoms with Crippen LogP contribution in [0, 0.1) is 11.8 Å². The molecule has 0 aliphatic heterocycles. The third-order valence-electron chi connectivity index (χ3n) is 4.67. The lowest BCUT2D eigenvalue weighted by molar-refractivity contribution is 0.187. The van der Waals surface area contributed by atoms with Gasteiger partial charge in [-0.3, -0.25) is 5.32 Å². The van der Waals surface area contributed by atoms with Crippen molar-refractivity contribution in [2.24, 2.45) is 11.8 Å². The molecule has 2 aliphatic carbocycles. The van der Waals surface area contributed by atoms with Crippen LogP contribution in [0.25, 0.3) is 0 Å². The third-order valence-corrected chi connectivity index (χ3v) is 4.67. The van der Waals surface area contributed by atoms with Gasteiger partial charge in [-0.25, -0.2) is 4.79 Å². The summed E-state index contributed by atoms with van der Waals surface area (Å²) < 4.78 is 4.62. The van der Waals surface area contributed by atoms with Crippen LogP contribution in [0.15, 0.2) is 24.3 Å². The van der Waals surface area contributed by atoms with E-state index in [-0.39, 0.29) is 0 Å². The summed E-state index contributed by atoms with van der Waals surface area (Å²) in [6, 6.07) is 8.42. The maximum atomic E-state index is 11.3. The zero-order valence-corrected chi connectivity index (χ0v) is 12.6. The molecule has 2 unspecified atom stereocenters. The second-order valence-electron chi connectivity index (χ2n) is 6.30. The van der Waals surface area contributed by atoms with Gasteiger partial charge in [-0.05, 0) is 55.7 Å². The molecule has 0 radical (unpaired) electrons. The van der Waals surface area contributed by atoms with E-state index in [1.807, 2.05) is 18.2 Å². The van der Waals surface area contributed by atoms with E-state index < -0.39 is 6.09 Å². The summed E-state index contributed by atoms with van der Waals surface area (Å²) in [6.07, 6.45) is 7.73. The summed E-state index contributed by atoms with van der Waals surface area (Å²) >= 11 is 0. The summed E-state index contributed by atoms with van der Waals surface area (Å²) in [5.41, 5.74) is 1.84. The van der Waals surface area contributed by atoms with Crippen LogP contribution in [-0.4, -0.2) is 19.2 Å².